The first-order valence-corrected chi connectivity index (χ1v) is 4.16. The van der Waals surface area contributed by atoms with Crippen LogP contribution in [0.3, 0.4) is 0 Å². The van der Waals surface area contributed by atoms with Gasteiger partial charge in [-0.05, 0) is 18.8 Å². The van der Waals surface area contributed by atoms with Crippen molar-refractivity contribution in [1.29, 1.82) is 0 Å². The quantitative estimate of drug-likeness (QED) is 0.696. The maximum Gasteiger partial charge on any atom is 0.146 e. The van der Waals surface area contributed by atoms with E-state index in [1.165, 1.54) is 12.8 Å². The van der Waals surface area contributed by atoms with Crippen molar-refractivity contribution in [3.05, 3.63) is 12.4 Å². The molecule has 1 aromatic heterocycles. The van der Waals surface area contributed by atoms with Gasteiger partial charge in [0, 0.05) is 6.54 Å². The van der Waals surface area contributed by atoms with Crippen LogP contribution in [0.25, 0.3) is 0 Å². The smallest absolute Gasteiger partial charge is 0.146 e. The third-order valence-electron chi connectivity index (χ3n) is 1.92. The van der Waals surface area contributed by atoms with Gasteiger partial charge in [0.1, 0.15) is 11.6 Å². The highest BCUT2D eigenvalue weighted by atomic mass is 15.0. The Hall–Kier alpha value is -1.32. The Morgan fingerprint density at radius 3 is 3.00 bits per heavy atom. The molecule has 1 heterocycles. The first kappa shape index (κ1) is 7.34. The van der Waals surface area contributed by atoms with E-state index in [1.807, 2.05) is 0 Å². The zero-order valence-corrected chi connectivity index (χ0v) is 6.83. The molecule has 0 aliphatic heterocycles. The molecule has 4 heteroatoms. The lowest BCUT2D eigenvalue weighted by Crippen LogP contribution is -2.06. The van der Waals surface area contributed by atoms with Gasteiger partial charge in [0.2, 0.25) is 0 Å². The topological polar surface area (TPSA) is 63.8 Å². The number of nitrogens with one attached hydrogen (secondary N) is 1. The van der Waals surface area contributed by atoms with Crippen molar-refractivity contribution in [1.82, 2.24) is 9.97 Å². The van der Waals surface area contributed by atoms with E-state index in [9.17, 15) is 0 Å². The van der Waals surface area contributed by atoms with Crippen LogP contribution >= 0.6 is 0 Å². The van der Waals surface area contributed by atoms with Crippen molar-refractivity contribution in [2.75, 3.05) is 17.6 Å². The van der Waals surface area contributed by atoms with Crippen LogP contribution in [-0.2, 0) is 0 Å². The number of hydrogen-bond acceptors (Lipinski definition) is 4. The number of nitrogens with zero attached hydrogens (tertiary/aromatic N) is 2. The predicted molar refractivity (Wildman–Crippen MR) is 47.7 cm³/mol. The summed E-state index contributed by atoms with van der Waals surface area (Å²) in [4.78, 5) is 8.01. The molecule has 1 saturated carbocycles. The molecule has 0 aromatic carbocycles. The molecule has 0 radical (unpaired) electrons. The normalized spacial score (nSPS) is 16.0. The largest absolute Gasteiger partial charge is 0.382 e. The van der Waals surface area contributed by atoms with E-state index in [0.717, 1.165) is 18.3 Å². The fourth-order valence-corrected chi connectivity index (χ4v) is 1.04. The van der Waals surface area contributed by atoms with E-state index < -0.39 is 0 Å². The second-order valence-electron chi connectivity index (χ2n) is 3.15. The third-order valence-corrected chi connectivity index (χ3v) is 1.92. The maximum atomic E-state index is 5.47. The van der Waals surface area contributed by atoms with Crippen molar-refractivity contribution in [2.24, 2.45) is 5.92 Å². The summed E-state index contributed by atoms with van der Waals surface area (Å²) >= 11 is 0. The summed E-state index contributed by atoms with van der Waals surface area (Å²) in [5, 5.41) is 3.19. The van der Waals surface area contributed by atoms with Crippen LogP contribution < -0.4 is 11.1 Å². The van der Waals surface area contributed by atoms with Crippen LogP contribution in [0.2, 0.25) is 0 Å². The molecule has 0 bridgehead atoms. The first-order valence-electron chi connectivity index (χ1n) is 4.16. The van der Waals surface area contributed by atoms with Crippen molar-refractivity contribution in [2.45, 2.75) is 12.8 Å². The molecule has 0 amide bonds. The van der Waals surface area contributed by atoms with Gasteiger partial charge in [-0.15, -0.1) is 0 Å². The van der Waals surface area contributed by atoms with Crippen LogP contribution in [-0.4, -0.2) is 16.5 Å². The van der Waals surface area contributed by atoms with Crippen molar-refractivity contribution in [3.63, 3.8) is 0 Å². The minimum absolute atomic E-state index is 0.468. The summed E-state index contributed by atoms with van der Waals surface area (Å²) in [7, 11) is 0. The number of rotatable bonds is 3. The van der Waals surface area contributed by atoms with Crippen LogP contribution in [0.5, 0.6) is 0 Å². The van der Waals surface area contributed by atoms with E-state index in [0.29, 0.717) is 5.82 Å². The molecule has 3 N–H and O–H groups in total. The molecular formula is C8H12N4. The average molecular weight is 164 g/mol. The second kappa shape index (κ2) is 2.97. The fourth-order valence-electron chi connectivity index (χ4n) is 1.04. The van der Waals surface area contributed by atoms with E-state index in [1.54, 1.807) is 12.4 Å². The highest BCUT2D eigenvalue weighted by molar-refractivity contribution is 5.38. The van der Waals surface area contributed by atoms with Crippen molar-refractivity contribution in [3.8, 4) is 0 Å². The Morgan fingerprint density at radius 1 is 1.50 bits per heavy atom. The van der Waals surface area contributed by atoms with Gasteiger partial charge >= 0.3 is 0 Å². The standard InChI is InChI=1S/C8H12N4/c9-7-4-10-5-8(12-7)11-3-6-1-2-6/h4-6H,1-3H2,(H3,9,11,12). The molecule has 1 fully saturated rings. The van der Waals surface area contributed by atoms with Gasteiger partial charge in [0.05, 0.1) is 12.4 Å². The number of anilines is 2. The first-order chi connectivity index (χ1) is 5.84. The van der Waals surface area contributed by atoms with Gasteiger partial charge in [0.25, 0.3) is 0 Å². The van der Waals surface area contributed by atoms with Crippen LogP contribution in [0.1, 0.15) is 12.8 Å². The zero-order chi connectivity index (χ0) is 8.39. The molecule has 1 aliphatic rings. The Kier molecular flexibility index (Phi) is 1.81. The van der Waals surface area contributed by atoms with Gasteiger partial charge in [-0.2, -0.15) is 0 Å². The number of nitrogen functional groups attached to an aromatic ring is 1. The Labute approximate surface area is 71.2 Å². The summed E-state index contributed by atoms with van der Waals surface area (Å²) in [5.74, 6) is 2.09. The second-order valence-corrected chi connectivity index (χ2v) is 3.15. The molecular weight excluding hydrogens is 152 g/mol. The van der Waals surface area contributed by atoms with Gasteiger partial charge in [-0.1, -0.05) is 0 Å². The SMILES string of the molecule is Nc1cncc(NCC2CC2)n1. The molecule has 12 heavy (non-hydrogen) atoms. The molecule has 2 rings (SSSR count). The maximum absolute atomic E-state index is 5.47. The molecule has 4 nitrogen and oxygen atoms in total. The summed E-state index contributed by atoms with van der Waals surface area (Å²) in [6, 6.07) is 0. The van der Waals surface area contributed by atoms with E-state index >= 15 is 0 Å². The molecule has 64 valence electrons. The summed E-state index contributed by atoms with van der Waals surface area (Å²) in [6.45, 7) is 0.998. The monoisotopic (exact) mass is 164 g/mol. The number of aromatic nitrogens is 2. The Balaban J connectivity index is 1.92. The number of hydrogen-bond donors (Lipinski definition) is 2. The lowest BCUT2D eigenvalue weighted by atomic mass is 10.4. The summed E-state index contributed by atoms with van der Waals surface area (Å²) < 4.78 is 0. The van der Waals surface area contributed by atoms with Gasteiger partial charge in [-0.3, -0.25) is 4.98 Å². The zero-order valence-electron chi connectivity index (χ0n) is 6.83. The Morgan fingerprint density at radius 2 is 2.33 bits per heavy atom. The summed E-state index contributed by atoms with van der Waals surface area (Å²) in [6.07, 6.45) is 5.91. The average Bonchev–Trinajstić information content (AvgIpc) is 2.84. The highest BCUT2D eigenvalue weighted by Crippen LogP contribution is 2.28. The highest BCUT2D eigenvalue weighted by Gasteiger charge is 2.20. The van der Waals surface area contributed by atoms with Crippen LogP contribution in [0.4, 0.5) is 11.6 Å². The molecule has 0 saturated heterocycles. The molecule has 1 aromatic rings. The van der Waals surface area contributed by atoms with E-state index in [2.05, 4.69) is 15.3 Å². The lowest BCUT2D eigenvalue weighted by molar-refractivity contribution is 0.881. The van der Waals surface area contributed by atoms with Crippen LogP contribution in [0, 0.1) is 5.92 Å². The minimum atomic E-state index is 0.468. The predicted octanol–water partition coefficient (Wildman–Crippen LogP) is 0.881. The van der Waals surface area contributed by atoms with Gasteiger partial charge < -0.3 is 11.1 Å². The van der Waals surface area contributed by atoms with Crippen LogP contribution in [0.15, 0.2) is 12.4 Å². The minimum Gasteiger partial charge on any atom is -0.382 e. The molecule has 0 unspecified atom stereocenters. The summed E-state index contributed by atoms with van der Waals surface area (Å²) in [5.41, 5.74) is 5.47. The fraction of sp³-hybridized carbons (Fsp3) is 0.500. The third kappa shape index (κ3) is 1.84. The van der Waals surface area contributed by atoms with Crippen molar-refractivity contribution < 1.29 is 0 Å². The van der Waals surface area contributed by atoms with Gasteiger partial charge in [-0.25, -0.2) is 4.98 Å². The van der Waals surface area contributed by atoms with E-state index in [-0.39, 0.29) is 0 Å². The molecule has 0 spiro atoms. The molecule has 0 atom stereocenters. The number of nitrogens with two attached hydrogens (primary N) is 1. The van der Waals surface area contributed by atoms with Crippen molar-refractivity contribution >= 4 is 11.6 Å². The van der Waals surface area contributed by atoms with Gasteiger partial charge in [0.15, 0.2) is 0 Å². The lowest BCUT2D eigenvalue weighted by Gasteiger charge is -2.02. The molecule has 1 aliphatic carbocycles. The Bertz CT molecular complexity index is 270. The van der Waals surface area contributed by atoms with E-state index in [4.69, 9.17) is 5.73 Å².